The van der Waals surface area contributed by atoms with Crippen LogP contribution < -0.4 is 15.7 Å². The summed E-state index contributed by atoms with van der Waals surface area (Å²) < 4.78 is 10.9. The van der Waals surface area contributed by atoms with E-state index in [4.69, 9.17) is 9.31 Å². The average Bonchev–Trinajstić information content (AvgIpc) is 2.94. The summed E-state index contributed by atoms with van der Waals surface area (Å²) in [6.45, 7) is 5.43. The van der Waals surface area contributed by atoms with Crippen molar-refractivity contribution < 1.29 is 9.31 Å². The Morgan fingerprint density at radius 1 is 1.18 bits per heavy atom. The van der Waals surface area contributed by atoms with Crippen molar-refractivity contribution in [3.63, 3.8) is 0 Å². The van der Waals surface area contributed by atoms with Crippen molar-refractivity contribution in [2.45, 2.75) is 0 Å². The van der Waals surface area contributed by atoms with Gasteiger partial charge in [0.25, 0.3) is 0 Å². The minimum atomic E-state index is -0.223. The highest BCUT2D eigenvalue weighted by Crippen LogP contribution is 2.10. The largest absolute Gasteiger partial charge is 0.495 e. The van der Waals surface area contributed by atoms with Crippen molar-refractivity contribution in [3.05, 3.63) is 18.3 Å². The summed E-state index contributed by atoms with van der Waals surface area (Å²) >= 11 is 0. The number of rotatable bonds is 2. The zero-order valence-electron chi connectivity index (χ0n) is 9.76. The average molecular weight is 233 g/mol. The topological polar surface area (TPSA) is 46.6 Å². The van der Waals surface area contributed by atoms with E-state index in [2.05, 4.69) is 15.2 Å². The predicted molar refractivity (Wildman–Crippen MR) is 66.6 cm³/mol. The monoisotopic (exact) mass is 233 g/mol. The zero-order valence-corrected chi connectivity index (χ0v) is 9.76. The molecule has 0 unspecified atom stereocenters. The van der Waals surface area contributed by atoms with Crippen LogP contribution in [0.1, 0.15) is 0 Å². The van der Waals surface area contributed by atoms with E-state index in [9.17, 15) is 0 Å². The maximum absolute atomic E-state index is 5.44. The molecule has 0 bridgehead atoms. The molecule has 0 spiro atoms. The van der Waals surface area contributed by atoms with Crippen molar-refractivity contribution in [1.29, 1.82) is 0 Å². The van der Waals surface area contributed by atoms with Gasteiger partial charge in [-0.05, 0) is 6.07 Å². The van der Waals surface area contributed by atoms with E-state index in [-0.39, 0.29) is 7.12 Å². The Balaban J connectivity index is 1.70. The number of piperazine rings is 1. The fraction of sp³-hybridized carbons (Fsp3) is 0.545. The van der Waals surface area contributed by atoms with Crippen LogP contribution in [-0.2, 0) is 9.31 Å². The molecule has 3 heterocycles. The van der Waals surface area contributed by atoms with E-state index < -0.39 is 0 Å². The Morgan fingerprint density at radius 2 is 1.94 bits per heavy atom. The molecule has 0 radical (unpaired) electrons. The highest BCUT2D eigenvalue weighted by Gasteiger charge is 2.26. The second-order valence-corrected chi connectivity index (χ2v) is 4.26. The molecule has 0 aromatic carbocycles. The standard InChI is InChI=1S/C11H16BN3O2/c1-2-11(15-5-3-13-4-6-15)14-9-10(1)12-16-7-8-17-12/h1-2,9,13H,3-8H2. The molecule has 6 heteroatoms. The van der Waals surface area contributed by atoms with Gasteiger partial charge in [0, 0.05) is 37.8 Å². The number of aromatic nitrogens is 1. The molecule has 3 rings (SSSR count). The van der Waals surface area contributed by atoms with Crippen LogP contribution in [0, 0.1) is 0 Å². The Bertz CT molecular complexity index is 361. The van der Waals surface area contributed by atoms with E-state index >= 15 is 0 Å². The molecule has 2 aliphatic rings. The molecular formula is C11H16BN3O2. The van der Waals surface area contributed by atoms with Gasteiger partial charge in [-0.2, -0.15) is 0 Å². The molecule has 1 aromatic rings. The van der Waals surface area contributed by atoms with Crippen molar-refractivity contribution in [3.8, 4) is 0 Å². The maximum Gasteiger partial charge on any atom is 0.495 e. The molecule has 0 atom stereocenters. The molecular weight excluding hydrogens is 217 g/mol. The van der Waals surface area contributed by atoms with Crippen molar-refractivity contribution in [2.24, 2.45) is 0 Å². The highest BCUT2D eigenvalue weighted by atomic mass is 16.6. The van der Waals surface area contributed by atoms with E-state index in [0.29, 0.717) is 13.2 Å². The summed E-state index contributed by atoms with van der Waals surface area (Å²) in [5, 5.41) is 3.33. The summed E-state index contributed by atoms with van der Waals surface area (Å²) in [7, 11) is -0.223. The van der Waals surface area contributed by atoms with Gasteiger partial charge in [0.1, 0.15) is 5.82 Å². The van der Waals surface area contributed by atoms with Gasteiger partial charge in [-0.3, -0.25) is 0 Å². The van der Waals surface area contributed by atoms with Crippen LogP contribution in [0.2, 0.25) is 0 Å². The molecule has 5 nitrogen and oxygen atoms in total. The third-order valence-corrected chi connectivity index (χ3v) is 3.11. The quantitative estimate of drug-likeness (QED) is 0.680. The zero-order chi connectivity index (χ0) is 11.5. The molecule has 1 N–H and O–H groups in total. The number of anilines is 1. The molecule has 90 valence electrons. The van der Waals surface area contributed by atoms with Gasteiger partial charge in [-0.25, -0.2) is 4.98 Å². The van der Waals surface area contributed by atoms with Gasteiger partial charge < -0.3 is 19.5 Å². The van der Waals surface area contributed by atoms with Crippen molar-refractivity contribution in [1.82, 2.24) is 10.3 Å². The van der Waals surface area contributed by atoms with Crippen molar-refractivity contribution in [2.75, 3.05) is 44.3 Å². The summed E-state index contributed by atoms with van der Waals surface area (Å²) in [6.07, 6.45) is 1.85. The van der Waals surface area contributed by atoms with Gasteiger partial charge in [-0.15, -0.1) is 0 Å². The first-order valence-corrected chi connectivity index (χ1v) is 6.08. The van der Waals surface area contributed by atoms with Crippen LogP contribution in [0.25, 0.3) is 0 Å². The minimum Gasteiger partial charge on any atom is -0.405 e. The lowest BCUT2D eigenvalue weighted by Crippen LogP contribution is -2.44. The Hall–Kier alpha value is -1.11. The van der Waals surface area contributed by atoms with E-state index in [0.717, 1.165) is 37.5 Å². The first-order valence-electron chi connectivity index (χ1n) is 6.08. The number of nitrogens with zero attached hydrogens (tertiary/aromatic N) is 2. The van der Waals surface area contributed by atoms with Gasteiger partial charge >= 0.3 is 7.12 Å². The van der Waals surface area contributed by atoms with Crippen LogP contribution in [0.5, 0.6) is 0 Å². The normalized spacial score (nSPS) is 20.9. The van der Waals surface area contributed by atoms with E-state index in [1.54, 1.807) is 0 Å². The first kappa shape index (κ1) is 11.0. The van der Waals surface area contributed by atoms with Crippen LogP contribution >= 0.6 is 0 Å². The Labute approximate surface area is 101 Å². The fourth-order valence-corrected chi connectivity index (χ4v) is 2.17. The molecule has 17 heavy (non-hydrogen) atoms. The summed E-state index contributed by atoms with van der Waals surface area (Å²) in [4.78, 5) is 6.77. The minimum absolute atomic E-state index is 0.223. The Kier molecular flexibility index (Phi) is 3.26. The van der Waals surface area contributed by atoms with Gasteiger partial charge in [0.05, 0.1) is 13.2 Å². The summed E-state index contributed by atoms with van der Waals surface area (Å²) in [5.74, 6) is 1.04. The Morgan fingerprint density at radius 3 is 2.59 bits per heavy atom. The third kappa shape index (κ3) is 2.43. The lowest BCUT2D eigenvalue weighted by atomic mass is 9.81. The second kappa shape index (κ2) is 5.04. The fourth-order valence-electron chi connectivity index (χ4n) is 2.17. The molecule has 2 fully saturated rings. The van der Waals surface area contributed by atoms with Crippen LogP contribution in [-0.4, -0.2) is 51.5 Å². The van der Waals surface area contributed by atoms with Crippen molar-refractivity contribution >= 4 is 18.4 Å². The molecule has 0 saturated carbocycles. The number of hydrogen-bond donors (Lipinski definition) is 1. The lowest BCUT2D eigenvalue weighted by Gasteiger charge is -2.28. The number of pyridine rings is 1. The molecule has 0 aliphatic carbocycles. The van der Waals surface area contributed by atoms with Crippen LogP contribution in [0.4, 0.5) is 5.82 Å². The predicted octanol–water partition coefficient (Wildman–Crippen LogP) is -0.767. The van der Waals surface area contributed by atoms with E-state index in [1.165, 1.54) is 0 Å². The third-order valence-electron chi connectivity index (χ3n) is 3.11. The maximum atomic E-state index is 5.44. The lowest BCUT2D eigenvalue weighted by molar-refractivity contribution is 0.365. The summed E-state index contributed by atoms with van der Waals surface area (Å²) in [6, 6.07) is 4.09. The molecule has 2 aliphatic heterocycles. The number of hydrogen-bond acceptors (Lipinski definition) is 5. The smallest absolute Gasteiger partial charge is 0.405 e. The SMILES string of the molecule is c1cc(N2CCNCC2)ncc1B1OCCO1. The number of nitrogens with one attached hydrogen (secondary N) is 1. The summed E-state index contributed by atoms with van der Waals surface area (Å²) in [5.41, 5.74) is 1.00. The van der Waals surface area contributed by atoms with Crippen LogP contribution in [0.15, 0.2) is 18.3 Å². The highest BCUT2D eigenvalue weighted by molar-refractivity contribution is 6.61. The van der Waals surface area contributed by atoms with Gasteiger partial charge in [-0.1, -0.05) is 6.07 Å². The van der Waals surface area contributed by atoms with E-state index in [1.807, 2.05) is 18.3 Å². The van der Waals surface area contributed by atoms with Gasteiger partial charge in [0.15, 0.2) is 0 Å². The molecule has 1 aromatic heterocycles. The molecule has 2 saturated heterocycles. The first-order chi connectivity index (χ1) is 8.43. The second-order valence-electron chi connectivity index (χ2n) is 4.26. The molecule has 0 amide bonds. The van der Waals surface area contributed by atoms with Crippen LogP contribution in [0.3, 0.4) is 0 Å². The van der Waals surface area contributed by atoms with Gasteiger partial charge in [0.2, 0.25) is 0 Å².